The van der Waals surface area contributed by atoms with Crippen LogP contribution >= 0.6 is 11.6 Å². The maximum atomic E-state index is 13.1. The van der Waals surface area contributed by atoms with Crippen LogP contribution in [0.15, 0.2) is 18.2 Å². The molecule has 1 heterocycles. The van der Waals surface area contributed by atoms with Gasteiger partial charge in [0.2, 0.25) is 0 Å². The average molecular weight is 322 g/mol. The molecule has 1 fully saturated rings. The van der Waals surface area contributed by atoms with Crippen LogP contribution in [-0.2, 0) is 6.18 Å². The number of nitrogens with one attached hydrogen (secondary N) is 1. The highest BCUT2D eigenvalue weighted by Crippen LogP contribution is 2.41. The Morgan fingerprint density at radius 2 is 2.19 bits per heavy atom. The fraction of sp³-hybridized carbons (Fsp3) is 0.600. The van der Waals surface area contributed by atoms with Gasteiger partial charge in [-0.25, -0.2) is 0 Å². The van der Waals surface area contributed by atoms with Gasteiger partial charge in [-0.05, 0) is 31.5 Å². The molecule has 1 N–H and O–H groups in total. The molecule has 0 bridgehead atoms. The predicted molar refractivity (Wildman–Crippen MR) is 76.8 cm³/mol. The van der Waals surface area contributed by atoms with Gasteiger partial charge in [-0.15, -0.1) is 0 Å². The highest BCUT2D eigenvalue weighted by molar-refractivity contribution is 6.31. The van der Waals surface area contributed by atoms with Crippen molar-refractivity contribution in [2.45, 2.75) is 38.5 Å². The molecular formula is C15H19ClF3NO. The number of ether oxygens (including phenoxy) is 1. The van der Waals surface area contributed by atoms with E-state index in [0.29, 0.717) is 0 Å². The first-order valence-corrected chi connectivity index (χ1v) is 7.54. The SMILES string of the molecule is CCC[C@@H](Oc1cccc(Cl)c1C(F)(F)F)[C@H]1CCNC1. The van der Waals surface area contributed by atoms with Crippen molar-refractivity contribution in [3.63, 3.8) is 0 Å². The molecule has 0 spiro atoms. The van der Waals surface area contributed by atoms with Gasteiger partial charge >= 0.3 is 6.18 Å². The van der Waals surface area contributed by atoms with Crippen molar-refractivity contribution >= 4 is 11.6 Å². The van der Waals surface area contributed by atoms with E-state index >= 15 is 0 Å². The minimum Gasteiger partial charge on any atom is -0.489 e. The average Bonchev–Trinajstić information content (AvgIpc) is 2.90. The molecule has 0 aliphatic carbocycles. The van der Waals surface area contributed by atoms with E-state index in [4.69, 9.17) is 16.3 Å². The Morgan fingerprint density at radius 1 is 1.43 bits per heavy atom. The summed E-state index contributed by atoms with van der Waals surface area (Å²) in [5.74, 6) is 0.0744. The zero-order chi connectivity index (χ0) is 15.5. The molecule has 0 radical (unpaired) electrons. The molecule has 1 aliphatic heterocycles. The highest BCUT2D eigenvalue weighted by Gasteiger charge is 2.38. The van der Waals surface area contributed by atoms with Gasteiger partial charge in [-0.3, -0.25) is 0 Å². The smallest absolute Gasteiger partial charge is 0.421 e. The first-order valence-electron chi connectivity index (χ1n) is 7.16. The predicted octanol–water partition coefficient (Wildman–Crippen LogP) is 4.52. The number of rotatable bonds is 5. The third kappa shape index (κ3) is 4.04. The number of alkyl halides is 3. The summed E-state index contributed by atoms with van der Waals surface area (Å²) in [6.07, 6.45) is -2.21. The molecule has 1 aliphatic rings. The second-order valence-corrected chi connectivity index (χ2v) is 5.72. The van der Waals surface area contributed by atoms with Gasteiger partial charge in [0.25, 0.3) is 0 Å². The molecule has 0 saturated carbocycles. The summed E-state index contributed by atoms with van der Waals surface area (Å²) in [6.45, 7) is 3.67. The van der Waals surface area contributed by atoms with Crippen LogP contribution in [0.2, 0.25) is 5.02 Å². The number of hydrogen-bond acceptors (Lipinski definition) is 2. The maximum Gasteiger partial charge on any atom is 0.421 e. The van der Waals surface area contributed by atoms with Crippen LogP contribution in [0.3, 0.4) is 0 Å². The molecular weight excluding hydrogens is 303 g/mol. The first-order chi connectivity index (χ1) is 9.93. The van der Waals surface area contributed by atoms with E-state index in [1.54, 1.807) is 0 Å². The minimum atomic E-state index is -4.52. The Balaban J connectivity index is 2.26. The third-order valence-corrected chi connectivity index (χ3v) is 4.05. The Labute approximate surface area is 127 Å². The van der Waals surface area contributed by atoms with Crippen molar-refractivity contribution in [3.05, 3.63) is 28.8 Å². The Morgan fingerprint density at radius 3 is 2.76 bits per heavy atom. The van der Waals surface area contributed by atoms with E-state index in [-0.39, 0.29) is 22.8 Å². The summed E-state index contributed by atoms with van der Waals surface area (Å²) in [4.78, 5) is 0. The monoisotopic (exact) mass is 321 g/mol. The fourth-order valence-electron chi connectivity index (χ4n) is 2.71. The first kappa shape index (κ1) is 16.4. The van der Waals surface area contributed by atoms with Crippen molar-refractivity contribution < 1.29 is 17.9 Å². The van der Waals surface area contributed by atoms with E-state index in [1.807, 2.05) is 6.92 Å². The van der Waals surface area contributed by atoms with Crippen LogP contribution in [0.5, 0.6) is 5.75 Å². The quantitative estimate of drug-likeness (QED) is 0.861. The second kappa shape index (κ2) is 6.88. The lowest BCUT2D eigenvalue weighted by molar-refractivity contribution is -0.139. The molecule has 2 atom stereocenters. The van der Waals surface area contributed by atoms with Gasteiger partial charge in [-0.1, -0.05) is 31.0 Å². The third-order valence-electron chi connectivity index (χ3n) is 3.73. The van der Waals surface area contributed by atoms with Gasteiger partial charge in [0, 0.05) is 12.5 Å². The summed E-state index contributed by atoms with van der Waals surface area (Å²) in [6, 6.07) is 4.08. The van der Waals surface area contributed by atoms with E-state index in [0.717, 1.165) is 32.4 Å². The van der Waals surface area contributed by atoms with E-state index in [1.165, 1.54) is 18.2 Å². The number of halogens is 4. The van der Waals surface area contributed by atoms with Crippen molar-refractivity contribution in [1.82, 2.24) is 5.32 Å². The van der Waals surface area contributed by atoms with Gasteiger partial charge < -0.3 is 10.1 Å². The van der Waals surface area contributed by atoms with E-state index in [9.17, 15) is 13.2 Å². The van der Waals surface area contributed by atoms with Crippen LogP contribution in [0.1, 0.15) is 31.7 Å². The Hall–Kier alpha value is -0.940. The summed E-state index contributed by atoms with van der Waals surface area (Å²) in [7, 11) is 0. The van der Waals surface area contributed by atoms with Gasteiger partial charge in [0.15, 0.2) is 0 Å². The van der Waals surface area contributed by atoms with Crippen LogP contribution < -0.4 is 10.1 Å². The molecule has 2 nitrogen and oxygen atoms in total. The van der Waals surface area contributed by atoms with Gasteiger partial charge in [-0.2, -0.15) is 13.2 Å². The molecule has 21 heavy (non-hydrogen) atoms. The second-order valence-electron chi connectivity index (χ2n) is 5.31. The fourth-order valence-corrected chi connectivity index (χ4v) is 2.98. The number of benzene rings is 1. The molecule has 1 aromatic rings. The zero-order valence-corrected chi connectivity index (χ0v) is 12.6. The van der Waals surface area contributed by atoms with Gasteiger partial charge in [0.1, 0.15) is 17.4 Å². The van der Waals surface area contributed by atoms with Crippen LogP contribution in [0.25, 0.3) is 0 Å². The number of hydrogen-bond donors (Lipinski definition) is 1. The van der Waals surface area contributed by atoms with E-state index < -0.39 is 11.7 Å². The largest absolute Gasteiger partial charge is 0.489 e. The summed E-state index contributed by atoms with van der Waals surface area (Å²) in [5.41, 5.74) is -0.876. The molecule has 118 valence electrons. The molecule has 1 aromatic carbocycles. The van der Waals surface area contributed by atoms with Gasteiger partial charge in [0.05, 0.1) is 5.02 Å². The maximum absolute atomic E-state index is 13.1. The molecule has 1 saturated heterocycles. The molecule has 0 amide bonds. The standard InChI is InChI=1S/C15H19ClF3NO/c1-2-4-12(10-7-8-20-9-10)21-13-6-3-5-11(16)14(13)15(17,18)19/h3,5-6,10,12,20H,2,4,7-9H2,1H3/t10-,12+/m0/s1. The summed E-state index contributed by atoms with van der Waals surface area (Å²) >= 11 is 5.72. The van der Waals surface area contributed by atoms with Crippen molar-refractivity contribution in [2.75, 3.05) is 13.1 Å². The highest BCUT2D eigenvalue weighted by atomic mass is 35.5. The van der Waals surface area contributed by atoms with Crippen LogP contribution in [-0.4, -0.2) is 19.2 Å². The summed E-state index contributed by atoms with van der Waals surface area (Å²) in [5, 5.41) is 2.91. The van der Waals surface area contributed by atoms with Crippen molar-refractivity contribution in [2.24, 2.45) is 5.92 Å². The normalized spacial score (nSPS) is 20.5. The lowest BCUT2D eigenvalue weighted by Crippen LogP contribution is -2.29. The molecule has 0 unspecified atom stereocenters. The Kier molecular flexibility index (Phi) is 5.38. The lowest BCUT2D eigenvalue weighted by Gasteiger charge is -2.26. The van der Waals surface area contributed by atoms with Crippen molar-refractivity contribution in [1.29, 1.82) is 0 Å². The minimum absolute atomic E-state index is 0.166. The molecule has 6 heteroatoms. The zero-order valence-electron chi connectivity index (χ0n) is 11.8. The summed E-state index contributed by atoms with van der Waals surface area (Å²) < 4.78 is 45.2. The van der Waals surface area contributed by atoms with Crippen molar-refractivity contribution in [3.8, 4) is 5.75 Å². The molecule has 2 rings (SSSR count). The van der Waals surface area contributed by atoms with E-state index in [2.05, 4.69) is 5.32 Å². The topological polar surface area (TPSA) is 21.3 Å². The lowest BCUT2D eigenvalue weighted by atomic mass is 9.97. The van der Waals surface area contributed by atoms with Crippen LogP contribution in [0.4, 0.5) is 13.2 Å². The van der Waals surface area contributed by atoms with Crippen LogP contribution in [0, 0.1) is 5.92 Å². The molecule has 0 aromatic heterocycles. The Bertz CT molecular complexity index is 472.